The van der Waals surface area contributed by atoms with Gasteiger partial charge in [0.2, 0.25) is 0 Å². The fourth-order valence-corrected chi connectivity index (χ4v) is 8.91. The number of hydrogen-bond acceptors (Lipinski definition) is 6. The van der Waals surface area contributed by atoms with E-state index in [1.807, 2.05) is 19.9 Å². The Labute approximate surface area is 209 Å². The Morgan fingerprint density at radius 2 is 1.86 bits per heavy atom. The van der Waals surface area contributed by atoms with E-state index in [-0.39, 0.29) is 46.3 Å². The second-order valence-corrected chi connectivity index (χ2v) is 13.0. The third kappa shape index (κ3) is 3.81. The lowest BCUT2D eigenvalue weighted by molar-refractivity contribution is -0.207. The first kappa shape index (κ1) is 25.0. The van der Waals surface area contributed by atoms with Crippen molar-refractivity contribution in [3.05, 3.63) is 34.4 Å². The van der Waals surface area contributed by atoms with Crippen molar-refractivity contribution in [2.45, 2.75) is 109 Å². The average molecular weight is 486 g/mol. The Kier molecular flexibility index (Phi) is 6.23. The molecule has 0 spiro atoms. The van der Waals surface area contributed by atoms with Crippen LogP contribution in [0.25, 0.3) is 0 Å². The molecule has 1 aromatic heterocycles. The number of carbonyl (C=O) groups excluding carboxylic acids is 1. The lowest BCUT2D eigenvalue weighted by Crippen LogP contribution is -2.62. The minimum Gasteiger partial charge on any atom is -0.461 e. The Morgan fingerprint density at radius 1 is 1.09 bits per heavy atom. The number of carbonyl (C=O) groups is 1. The molecule has 6 nitrogen and oxygen atoms in total. The smallest absolute Gasteiger partial charge is 0.335 e. The third-order valence-corrected chi connectivity index (χ3v) is 11.2. The van der Waals surface area contributed by atoms with Crippen molar-refractivity contribution in [1.29, 1.82) is 0 Å². The van der Waals surface area contributed by atoms with Gasteiger partial charge in [-0.2, -0.15) is 0 Å². The average Bonchev–Trinajstić information content (AvgIpc) is 3.10. The fourth-order valence-electron chi connectivity index (χ4n) is 8.91. The molecule has 0 saturated heterocycles. The lowest BCUT2D eigenvalue weighted by atomic mass is 9.43. The van der Waals surface area contributed by atoms with Crippen LogP contribution in [0.2, 0.25) is 0 Å². The van der Waals surface area contributed by atoms with Crippen LogP contribution in [-0.2, 0) is 9.53 Å². The summed E-state index contributed by atoms with van der Waals surface area (Å²) in [6.45, 7) is 8.62. The summed E-state index contributed by atoms with van der Waals surface area (Å²) in [6, 6.07) is 2.84. The van der Waals surface area contributed by atoms with Gasteiger partial charge in [0.15, 0.2) is 0 Å². The molecule has 4 saturated carbocycles. The summed E-state index contributed by atoms with van der Waals surface area (Å²) in [7, 11) is 0. The Morgan fingerprint density at radius 3 is 2.54 bits per heavy atom. The highest BCUT2D eigenvalue weighted by Crippen LogP contribution is 2.70. The molecule has 194 valence electrons. The number of aliphatic hydroxyl groups is 1. The third-order valence-electron chi connectivity index (χ3n) is 11.2. The molecule has 1 heterocycles. The molecule has 9 atom stereocenters. The van der Waals surface area contributed by atoms with Crippen molar-refractivity contribution in [1.82, 2.24) is 0 Å². The minimum absolute atomic E-state index is 0.0394. The molecule has 3 N–H and O–H groups in total. The van der Waals surface area contributed by atoms with Gasteiger partial charge in [-0.25, -0.2) is 4.79 Å². The maximum atomic E-state index is 12.5. The molecule has 35 heavy (non-hydrogen) atoms. The van der Waals surface area contributed by atoms with E-state index < -0.39 is 11.6 Å². The summed E-state index contributed by atoms with van der Waals surface area (Å²) < 4.78 is 11.1. The van der Waals surface area contributed by atoms with Crippen molar-refractivity contribution < 1.29 is 19.1 Å². The molecule has 0 unspecified atom stereocenters. The zero-order valence-corrected chi connectivity index (χ0v) is 21.8. The quantitative estimate of drug-likeness (QED) is 0.595. The molecular weight excluding hydrogens is 442 g/mol. The molecule has 4 aliphatic rings. The summed E-state index contributed by atoms with van der Waals surface area (Å²) in [5, 5.41) is 12.4. The summed E-state index contributed by atoms with van der Waals surface area (Å²) in [6.07, 6.45) is 10.3. The maximum Gasteiger partial charge on any atom is 0.335 e. The second kappa shape index (κ2) is 8.72. The van der Waals surface area contributed by atoms with Crippen LogP contribution in [0.4, 0.5) is 0 Å². The van der Waals surface area contributed by atoms with E-state index in [1.54, 1.807) is 6.26 Å². The topological polar surface area (TPSA) is 103 Å². The monoisotopic (exact) mass is 485 g/mol. The van der Waals surface area contributed by atoms with E-state index >= 15 is 0 Å². The molecule has 0 amide bonds. The number of esters is 1. The zero-order valence-electron chi connectivity index (χ0n) is 21.8. The van der Waals surface area contributed by atoms with Gasteiger partial charge in [-0.15, -0.1) is 0 Å². The fraction of sp³-hybridized carbons (Fsp3) is 0.793. The van der Waals surface area contributed by atoms with E-state index in [4.69, 9.17) is 14.9 Å². The normalized spacial score (nSPS) is 43.7. The number of nitrogens with two attached hydrogens (primary N) is 1. The molecule has 4 fully saturated rings. The number of rotatable bonds is 4. The first-order chi connectivity index (χ1) is 16.5. The van der Waals surface area contributed by atoms with Gasteiger partial charge >= 0.3 is 11.6 Å². The van der Waals surface area contributed by atoms with Crippen LogP contribution in [0, 0.1) is 34.5 Å². The van der Waals surface area contributed by atoms with Crippen molar-refractivity contribution in [3.63, 3.8) is 0 Å². The summed E-state index contributed by atoms with van der Waals surface area (Å²) in [5.41, 5.74) is 6.02. The van der Waals surface area contributed by atoms with Gasteiger partial charge in [0.1, 0.15) is 12.1 Å². The molecule has 1 aromatic rings. The largest absolute Gasteiger partial charge is 0.461 e. The van der Waals surface area contributed by atoms with Crippen molar-refractivity contribution >= 4 is 5.97 Å². The van der Waals surface area contributed by atoms with Gasteiger partial charge in [0.05, 0.1) is 11.9 Å². The molecule has 5 rings (SSSR count). The van der Waals surface area contributed by atoms with Gasteiger partial charge in [-0.3, -0.25) is 4.79 Å². The number of hydrogen-bond donors (Lipinski definition) is 2. The number of ether oxygens (including phenoxy) is 1. The van der Waals surface area contributed by atoms with Crippen LogP contribution < -0.4 is 11.4 Å². The molecule has 6 heteroatoms. The van der Waals surface area contributed by atoms with Crippen LogP contribution in [0.3, 0.4) is 0 Å². The van der Waals surface area contributed by atoms with E-state index in [0.29, 0.717) is 11.8 Å². The van der Waals surface area contributed by atoms with E-state index in [1.165, 1.54) is 6.07 Å². The zero-order chi connectivity index (χ0) is 25.2. The van der Waals surface area contributed by atoms with E-state index in [9.17, 15) is 14.7 Å². The highest BCUT2D eigenvalue weighted by atomic mass is 16.5. The predicted octanol–water partition coefficient (Wildman–Crippen LogP) is 4.78. The first-order valence-corrected chi connectivity index (χ1v) is 13.8. The summed E-state index contributed by atoms with van der Waals surface area (Å²) >= 11 is 0. The van der Waals surface area contributed by atoms with E-state index in [2.05, 4.69) is 13.8 Å². The van der Waals surface area contributed by atoms with Gasteiger partial charge in [-0.1, -0.05) is 27.7 Å². The van der Waals surface area contributed by atoms with E-state index in [0.717, 1.165) is 63.4 Å². The van der Waals surface area contributed by atoms with Gasteiger partial charge in [0.25, 0.3) is 0 Å². The first-order valence-electron chi connectivity index (χ1n) is 13.8. The Hall–Kier alpha value is -1.66. The SMILES string of the molecule is CC(C)[C@@H](N)C(=O)O[C@H]1CC[C@@]2(C)[C@H](CC[C@@H]3[C@@H]2CC[C@]2(C)[C@@H](c4ccc(=O)oc4)CC[C@]32O)C1. The highest BCUT2D eigenvalue weighted by Gasteiger charge is 2.67. The van der Waals surface area contributed by atoms with Gasteiger partial charge < -0.3 is 20.0 Å². The van der Waals surface area contributed by atoms with Crippen molar-refractivity contribution in [2.75, 3.05) is 0 Å². The summed E-state index contributed by atoms with van der Waals surface area (Å²) in [4.78, 5) is 24.0. The Bertz CT molecular complexity index is 1000. The van der Waals surface area contributed by atoms with Crippen LogP contribution >= 0.6 is 0 Å². The van der Waals surface area contributed by atoms with Crippen LogP contribution in [0.5, 0.6) is 0 Å². The second-order valence-electron chi connectivity index (χ2n) is 13.0. The van der Waals surface area contributed by atoms with Crippen LogP contribution in [-0.4, -0.2) is 28.8 Å². The Balaban J connectivity index is 1.33. The standard InChI is InChI=1S/C29H43NO5/c1-17(2)25(30)26(32)35-20-9-12-27(3)19(15-20)6-7-23-22(27)10-13-28(4)21(11-14-29(23,28)33)18-5-8-24(31)34-16-18/h5,8,16-17,19-23,25,33H,6-7,9-15,30H2,1-4H3/t19-,20+,21-,22+,23-,25-,27+,28-,29+/m1/s1. The van der Waals surface area contributed by atoms with Gasteiger partial charge in [-0.05, 0) is 104 Å². The minimum atomic E-state index is -0.696. The molecule has 0 radical (unpaired) electrons. The molecular formula is C29H43NO5. The van der Waals surface area contributed by atoms with Crippen molar-refractivity contribution in [3.8, 4) is 0 Å². The predicted molar refractivity (Wildman–Crippen MR) is 134 cm³/mol. The molecule has 0 bridgehead atoms. The number of fused-ring (bicyclic) bond motifs is 5. The maximum absolute atomic E-state index is 12.5. The molecule has 0 aromatic carbocycles. The van der Waals surface area contributed by atoms with Gasteiger partial charge in [0, 0.05) is 11.5 Å². The van der Waals surface area contributed by atoms with Crippen molar-refractivity contribution in [2.24, 2.45) is 40.2 Å². The summed E-state index contributed by atoms with van der Waals surface area (Å²) in [5.74, 6) is 1.31. The highest BCUT2D eigenvalue weighted by molar-refractivity contribution is 5.75. The lowest BCUT2D eigenvalue weighted by Gasteiger charge is -2.63. The van der Waals surface area contributed by atoms with Crippen LogP contribution in [0.1, 0.15) is 97.0 Å². The molecule has 4 aliphatic carbocycles. The van der Waals surface area contributed by atoms with Crippen LogP contribution in [0.15, 0.2) is 27.6 Å². The molecule has 0 aliphatic heterocycles.